The summed E-state index contributed by atoms with van der Waals surface area (Å²) in [6, 6.07) is 8.84. The quantitative estimate of drug-likeness (QED) is 0.847. The average Bonchev–Trinajstić information content (AvgIpc) is 2.38. The number of hydrogen-bond acceptors (Lipinski definition) is 4. The van der Waals surface area contributed by atoms with Gasteiger partial charge in [-0.15, -0.1) is 0 Å². The number of aryl methyl sites for hydroxylation is 1. The highest BCUT2D eigenvalue weighted by Gasteiger charge is 2.02. The van der Waals surface area contributed by atoms with Gasteiger partial charge in [-0.3, -0.25) is 0 Å². The number of nitrogens with one attached hydrogen (secondary N) is 1. The highest BCUT2D eigenvalue weighted by molar-refractivity contribution is 7.99. The molecule has 1 aromatic carbocycles. The zero-order valence-electron chi connectivity index (χ0n) is 11.6. The lowest BCUT2D eigenvalue weighted by atomic mass is 10.2. The Morgan fingerprint density at radius 3 is 2.58 bits per heavy atom. The van der Waals surface area contributed by atoms with Crippen LogP contribution in [0.4, 0.5) is 0 Å². The van der Waals surface area contributed by atoms with Crippen LogP contribution in [0.1, 0.15) is 25.0 Å². The van der Waals surface area contributed by atoms with Crippen LogP contribution in [-0.2, 0) is 6.54 Å². The van der Waals surface area contributed by atoms with Crippen LogP contribution >= 0.6 is 11.8 Å². The number of nitrogens with zero attached hydrogens (tertiary/aromatic N) is 2. The molecule has 0 saturated carbocycles. The van der Waals surface area contributed by atoms with Gasteiger partial charge >= 0.3 is 0 Å². The van der Waals surface area contributed by atoms with Gasteiger partial charge in [-0.05, 0) is 30.8 Å². The van der Waals surface area contributed by atoms with Crippen LogP contribution in [0.5, 0.6) is 0 Å². The molecular formula is C15H19N3S. The largest absolute Gasteiger partial charge is 0.310 e. The monoisotopic (exact) mass is 273 g/mol. The molecule has 3 nitrogen and oxygen atoms in total. The number of rotatable bonds is 5. The van der Waals surface area contributed by atoms with Crippen molar-refractivity contribution in [3.63, 3.8) is 0 Å². The van der Waals surface area contributed by atoms with Crippen LogP contribution in [0.15, 0.2) is 46.7 Å². The maximum Gasteiger partial charge on any atom is 0.192 e. The predicted molar refractivity (Wildman–Crippen MR) is 79.3 cm³/mol. The molecule has 0 bridgehead atoms. The average molecular weight is 273 g/mol. The minimum atomic E-state index is 0.473. The first-order valence-electron chi connectivity index (χ1n) is 6.42. The molecule has 1 heterocycles. The van der Waals surface area contributed by atoms with Crippen molar-refractivity contribution in [1.29, 1.82) is 0 Å². The van der Waals surface area contributed by atoms with Crippen molar-refractivity contribution in [2.24, 2.45) is 0 Å². The van der Waals surface area contributed by atoms with Gasteiger partial charge in [0.2, 0.25) is 0 Å². The van der Waals surface area contributed by atoms with Crippen LogP contribution < -0.4 is 5.32 Å². The summed E-state index contributed by atoms with van der Waals surface area (Å²) in [5, 5.41) is 4.14. The van der Waals surface area contributed by atoms with Crippen LogP contribution in [0.25, 0.3) is 0 Å². The fourth-order valence-electron chi connectivity index (χ4n) is 1.59. The molecule has 1 N–H and O–H groups in total. The Kier molecular flexibility index (Phi) is 4.93. The summed E-state index contributed by atoms with van der Waals surface area (Å²) >= 11 is 1.59. The molecule has 4 heteroatoms. The highest BCUT2D eigenvalue weighted by Crippen LogP contribution is 2.24. The molecule has 0 aliphatic carbocycles. The van der Waals surface area contributed by atoms with Crippen LogP contribution in [0, 0.1) is 6.92 Å². The molecule has 0 aliphatic heterocycles. The highest BCUT2D eigenvalue weighted by atomic mass is 32.2. The Morgan fingerprint density at radius 1 is 1.21 bits per heavy atom. The molecule has 0 fully saturated rings. The number of hydrogen-bond donors (Lipinski definition) is 1. The lowest BCUT2D eigenvalue weighted by Gasteiger charge is -2.07. The van der Waals surface area contributed by atoms with Gasteiger partial charge in [-0.2, -0.15) is 0 Å². The van der Waals surface area contributed by atoms with Crippen LogP contribution in [0.3, 0.4) is 0 Å². The van der Waals surface area contributed by atoms with Crippen molar-refractivity contribution < 1.29 is 0 Å². The van der Waals surface area contributed by atoms with E-state index in [2.05, 4.69) is 60.3 Å². The van der Waals surface area contributed by atoms with Gasteiger partial charge in [-0.25, -0.2) is 9.97 Å². The molecule has 0 radical (unpaired) electrons. The lowest BCUT2D eigenvalue weighted by Crippen LogP contribution is -2.21. The van der Waals surface area contributed by atoms with Gasteiger partial charge in [0, 0.05) is 35.4 Å². The molecule has 100 valence electrons. The van der Waals surface area contributed by atoms with Gasteiger partial charge in [-0.1, -0.05) is 31.5 Å². The number of aromatic nitrogens is 2. The van der Waals surface area contributed by atoms with E-state index in [0.29, 0.717) is 6.04 Å². The fraction of sp³-hybridized carbons (Fsp3) is 0.333. The van der Waals surface area contributed by atoms with Gasteiger partial charge < -0.3 is 5.32 Å². The normalized spacial score (nSPS) is 10.9. The molecule has 0 atom stereocenters. The maximum absolute atomic E-state index is 4.39. The van der Waals surface area contributed by atoms with Crippen molar-refractivity contribution >= 4 is 11.8 Å². The summed E-state index contributed by atoms with van der Waals surface area (Å²) in [6.45, 7) is 7.16. The van der Waals surface area contributed by atoms with Crippen molar-refractivity contribution in [2.75, 3.05) is 0 Å². The second-order valence-electron chi connectivity index (χ2n) is 4.83. The van der Waals surface area contributed by atoms with E-state index < -0.39 is 0 Å². The van der Waals surface area contributed by atoms with Gasteiger partial charge in [0.05, 0.1) is 0 Å². The summed E-state index contributed by atoms with van der Waals surface area (Å²) in [7, 11) is 0. The maximum atomic E-state index is 4.39. The standard InChI is InChI=1S/C15H19N3S/c1-11(2)16-8-13-9-17-15(18-10-13)19-14-6-4-5-12(3)7-14/h4-7,9-11,16H,8H2,1-3H3. The van der Waals surface area contributed by atoms with Crippen molar-refractivity contribution in [2.45, 2.75) is 43.4 Å². The van der Waals surface area contributed by atoms with E-state index in [1.165, 1.54) is 10.5 Å². The van der Waals surface area contributed by atoms with E-state index >= 15 is 0 Å². The smallest absolute Gasteiger partial charge is 0.192 e. The molecule has 19 heavy (non-hydrogen) atoms. The Bertz CT molecular complexity index is 523. The third kappa shape index (κ3) is 4.65. The molecule has 0 spiro atoms. The number of benzene rings is 1. The third-order valence-corrected chi connectivity index (χ3v) is 3.48. The first-order chi connectivity index (χ1) is 9.13. The first kappa shape index (κ1) is 14.0. The van der Waals surface area contributed by atoms with Crippen LogP contribution in [-0.4, -0.2) is 16.0 Å². The second-order valence-corrected chi connectivity index (χ2v) is 5.87. The Balaban J connectivity index is 1.98. The van der Waals surface area contributed by atoms with Crippen LogP contribution in [0.2, 0.25) is 0 Å². The van der Waals surface area contributed by atoms with E-state index in [-0.39, 0.29) is 0 Å². The van der Waals surface area contributed by atoms with Crippen molar-refractivity contribution in [1.82, 2.24) is 15.3 Å². The molecule has 0 unspecified atom stereocenters. The Morgan fingerprint density at radius 2 is 1.95 bits per heavy atom. The van der Waals surface area contributed by atoms with Crippen molar-refractivity contribution in [3.8, 4) is 0 Å². The Hall–Kier alpha value is -1.39. The summed E-state index contributed by atoms with van der Waals surface area (Å²) in [6.07, 6.45) is 3.78. The topological polar surface area (TPSA) is 37.8 Å². The zero-order valence-corrected chi connectivity index (χ0v) is 12.4. The fourth-order valence-corrected chi connectivity index (χ4v) is 2.41. The SMILES string of the molecule is Cc1cccc(Sc2ncc(CNC(C)C)cn2)c1. The van der Waals surface area contributed by atoms with E-state index in [9.17, 15) is 0 Å². The van der Waals surface area contributed by atoms with E-state index in [1.807, 2.05) is 12.4 Å². The minimum Gasteiger partial charge on any atom is -0.310 e. The van der Waals surface area contributed by atoms with E-state index in [4.69, 9.17) is 0 Å². The van der Waals surface area contributed by atoms with Gasteiger partial charge in [0.25, 0.3) is 0 Å². The predicted octanol–water partition coefficient (Wildman–Crippen LogP) is 3.43. The van der Waals surface area contributed by atoms with Gasteiger partial charge in [0.15, 0.2) is 5.16 Å². The molecule has 1 aromatic heterocycles. The summed E-state index contributed by atoms with van der Waals surface area (Å²) in [5.41, 5.74) is 2.37. The van der Waals surface area contributed by atoms with E-state index in [0.717, 1.165) is 17.3 Å². The first-order valence-corrected chi connectivity index (χ1v) is 7.24. The van der Waals surface area contributed by atoms with Gasteiger partial charge in [0.1, 0.15) is 0 Å². The zero-order chi connectivity index (χ0) is 13.7. The second kappa shape index (κ2) is 6.68. The van der Waals surface area contributed by atoms with E-state index in [1.54, 1.807) is 11.8 Å². The lowest BCUT2D eigenvalue weighted by molar-refractivity contribution is 0.585. The molecule has 0 aliphatic rings. The summed E-state index contributed by atoms with van der Waals surface area (Å²) in [4.78, 5) is 9.96. The Labute approximate surface area is 118 Å². The molecule has 2 aromatic rings. The molecular weight excluding hydrogens is 254 g/mol. The molecule has 0 saturated heterocycles. The summed E-state index contributed by atoms with van der Waals surface area (Å²) < 4.78 is 0. The third-order valence-electron chi connectivity index (χ3n) is 2.59. The van der Waals surface area contributed by atoms with Crippen molar-refractivity contribution in [3.05, 3.63) is 47.8 Å². The minimum absolute atomic E-state index is 0.473. The molecule has 2 rings (SSSR count). The molecule has 0 amide bonds. The summed E-state index contributed by atoms with van der Waals surface area (Å²) in [5.74, 6) is 0.